The Morgan fingerprint density at radius 1 is 1.46 bits per heavy atom. The van der Waals surface area contributed by atoms with Crippen molar-refractivity contribution in [3.63, 3.8) is 0 Å². The van der Waals surface area contributed by atoms with Gasteiger partial charge in [0.1, 0.15) is 0 Å². The minimum absolute atomic E-state index is 0.0595. The van der Waals surface area contributed by atoms with E-state index in [0.29, 0.717) is 5.57 Å². The molecule has 0 aliphatic carbocycles. The Morgan fingerprint density at radius 3 is 2.46 bits per heavy atom. The molecule has 3 nitrogen and oxygen atoms in total. The summed E-state index contributed by atoms with van der Waals surface area (Å²) in [5.74, 6) is -0.298. The van der Waals surface area contributed by atoms with E-state index in [4.69, 9.17) is 0 Å². The van der Waals surface area contributed by atoms with Crippen molar-refractivity contribution in [1.29, 1.82) is 0 Å². The zero-order valence-corrected chi connectivity index (χ0v) is 7.91. The molecule has 1 aliphatic heterocycles. The van der Waals surface area contributed by atoms with Crippen LogP contribution in [-0.2, 0) is 9.59 Å². The second kappa shape index (κ2) is 3.56. The summed E-state index contributed by atoms with van der Waals surface area (Å²) in [6, 6.07) is -0.0595. The molecule has 1 saturated heterocycles. The summed E-state index contributed by atoms with van der Waals surface area (Å²) in [6.07, 6.45) is 3.34. The van der Waals surface area contributed by atoms with E-state index in [1.807, 2.05) is 13.8 Å². The molecule has 0 bridgehead atoms. The predicted molar refractivity (Wildman–Crippen MR) is 49.9 cm³/mol. The molecular formula is C10H13NO2. The molecule has 3 heteroatoms. The van der Waals surface area contributed by atoms with Crippen LogP contribution in [0.1, 0.15) is 20.3 Å². The van der Waals surface area contributed by atoms with E-state index in [1.165, 1.54) is 11.0 Å². The molecule has 0 saturated carbocycles. The van der Waals surface area contributed by atoms with Gasteiger partial charge in [-0.05, 0) is 13.8 Å². The highest BCUT2D eigenvalue weighted by molar-refractivity contribution is 6.13. The maximum Gasteiger partial charge on any atom is 0.257 e. The number of hydrogen-bond acceptors (Lipinski definition) is 2. The average Bonchev–Trinajstić information content (AvgIpc) is 2.28. The van der Waals surface area contributed by atoms with E-state index in [0.717, 1.165) is 0 Å². The van der Waals surface area contributed by atoms with Crippen LogP contribution < -0.4 is 0 Å². The number of rotatable bonds is 2. The van der Waals surface area contributed by atoms with Crippen LogP contribution in [0, 0.1) is 0 Å². The highest BCUT2D eigenvalue weighted by atomic mass is 16.2. The van der Waals surface area contributed by atoms with Crippen LogP contribution in [0.5, 0.6) is 0 Å². The predicted octanol–water partition coefficient (Wildman–Crippen LogP) is 1.27. The molecule has 2 amide bonds. The summed E-state index contributed by atoms with van der Waals surface area (Å²) < 4.78 is 0. The highest BCUT2D eigenvalue weighted by Gasteiger charge is 2.34. The fraction of sp³-hybridized carbons (Fsp3) is 0.400. The Hall–Kier alpha value is -1.38. The van der Waals surface area contributed by atoms with Gasteiger partial charge in [-0.3, -0.25) is 14.5 Å². The highest BCUT2D eigenvalue weighted by Crippen LogP contribution is 2.20. The SMILES string of the molecule is C=CC=C1CC(=O)N(C(C)C)C1=O. The van der Waals surface area contributed by atoms with Gasteiger partial charge in [-0.25, -0.2) is 0 Å². The molecule has 13 heavy (non-hydrogen) atoms. The Kier molecular flexibility index (Phi) is 2.66. The topological polar surface area (TPSA) is 37.4 Å². The number of carbonyl (C=O) groups excluding carboxylic acids is 2. The lowest BCUT2D eigenvalue weighted by molar-refractivity contribution is -0.139. The third-order valence-electron chi connectivity index (χ3n) is 1.94. The molecule has 0 N–H and O–H groups in total. The Bertz CT molecular complexity index is 289. The normalized spacial score (nSPS) is 20.5. The van der Waals surface area contributed by atoms with Gasteiger partial charge in [0.2, 0.25) is 5.91 Å². The molecule has 1 rings (SSSR count). The Labute approximate surface area is 77.7 Å². The van der Waals surface area contributed by atoms with Gasteiger partial charge in [-0.2, -0.15) is 0 Å². The zero-order valence-electron chi connectivity index (χ0n) is 7.91. The molecule has 1 heterocycles. The number of likely N-dealkylation sites (tertiary alicyclic amines) is 1. The smallest absolute Gasteiger partial charge is 0.257 e. The number of nitrogens with zero attached hydrogens (tertiary/aromatic N) is 1. The van der Waals surface area contributed by atoms with E-state index >= 15 is 0 Å². The summed E-state index contributed by atoms with van der Waals surface area (Å²) in [5.41, 5.74) is 0.536. The van der Waals surface area contributed by atoms with Gasteiger partial charge >= 0.3 is 0 Å². The van der Waals surface area contributed by atoms with E-state index in [-0.39, 0.29) is 24.3 Å². The average molecular weight is 179 g/mol. The Morgan fingerprint density at radius 2 is 2.08 bits per heavy atom. The number of amides is 2. The molecule has 1 fully saturated rings. The first-order chi connectivity index (χ1) is 6.07. The van der Waals surface area contributed by atoms with E-state index in [1.54, 1.807) is 6.08 Å². The van der Waals surface area contributed by atoms with Gasteiger partial charge in [-0.1, -0.05) is 18.7 Å². The quantitative estimate of drug-likeness (QED) is 0.473. The summed E-state index contributed by atoms with van der Waals surface area (Å²) >= 11 is 0. The molecule has 0 aromatic carbocycles. The van der Waals surface area contributed by atoms with Crippen molar-refractivity contribution in [3.8, 4) is 0 Å². The lowest BCUT2D eigenvalue weighted by Gasteiger charge is -2.17. The lowest BCUT2D eigenvalue weighted by Crippen LogP contribution is -2.35. The third-order valence-corrected chi connectivity index (χ3v) is 1.94. The van der Waals surface area contributed by atoms with Gasteiger partial charge in [-0.15, -0.1) is 0 Å². The van der Waals surface area contributed by atoms with Crippen molar-refractivity contribution in [1.82, 2.24) is 4.90 Å². The summed E-state index contributed by atoms with van der Waals surface area (Å²) in [7, 11) is 0. The largest absolute Gasteiger partial charge is 0.276 e. The molecular weight excluding hydrogens is 166 g/mol. The third kappa shape index (κ3) is 1.69. The monoisotopic (exact) mass is 179 g/mol. The first kappa shape index (κ1) is 9.71. The summed E-state index contributed by atoms with van der Waals surface area (Å²) in [6.45, 7) is 7.15. The van der Waals surface area contributed by atoms with Crippen molar-refractivity contribution >= 4 is 11.8 Å². The van der Waals surface area contributed by atoms with Gasteiger partial charge in [0, 0.05) is 11.6 Å². The number of imide groups is 1. The molecule has 1 aliphatic rings. The molecule has 0 spiro atoms. The van der Waals surface area contributed by atoms with E-state index in [2.05, 4.69) is 6.58 Å². The summed E-state index contributed by atoms with van der Waals surface area (Å²) in [4.78, 5) is 24.2. The van der Waals surface area contributed by atoms with Gasteiger partial charge in [0.05, 0.1) is 6.42 Å². The molecule has 70 valence electrons. The van der Waals surface area contributed by atoms with Crippen LogP contribution in [0.15, 0.2) is 24.3 Å². The Balaban J connectivity index is 2.94. The number of carbonyl (C=O) groups is 2. The van der Waals surface area contributed by atoms with Crippen LogP contribution in [0.3, 0.4) is 0 Å². The van der Waals surface area contributed by atoms with Crippen molar-refractivity contribution < 1.29 is 9.59 Å². The van der Waals surface area contributed by atoms with Gasteiger partial charge < -0.3 is 0 Å². The minimum atomic E-state index is -0.181. The van der Waals surface area contributed by atoms with Crippen LogP contribution in [0.25, 0.3) is 0 Å². The van der Waals surface area contributed by atoms with E-state index < -0.39 is 0 Å². The minimum Gasteiger partial charge on any atom is -0.276 e. The van der Waals surface area contributed by atoms with Crippen molar-refractivity contribution in [2.75, 3.05) is 0 Å². The molecule has 0 radical (unpaired) electrons. The van der Waals surface area contributed by atoms with Crippen LogP contribution in [-0.4, -0.2) is 22.8 Å². The first-order valence-corrected chi connectivity index (χ1v) is 4.26. The first-order valence-electron chi connectivity index (χ1n) is 4.26. The maximum atomic E-state index is 11.5. The number of hydrogen-bond donors (Lipinski definition) is 0. The van der Waals surface area contributed by atoms with Crippen molar-refractivity contribution in [2.45, 2.75) is 26.3 Å². The summed E-state index contributed by atoms with van der Waals surface area (Å²) in [5, 5.41) is 0. The van der Waals surface area contributed by atoms with Gasteiger partial charge in [0.15, 0.2) is 0 Å². The standard InChI is InChI=1S/C10H13NO2/c1-4-5-8-6-9(12)11(7(2)3)10(8)13/h4-5,7H,1,6H2,2-3H3. The fourth-order valence-corrected chi connectivity index (χ4v) is 1.39. The molecule has 0 aromatic rings. The van der Waals surface area contributed by atoms with Crippen LogP contribution in [0.4, 0.5) is 0 Å². The second-order valence-corrected chi connectivity index (χ2v) is 3.27. The van der Waals surface area contributed by atoms with Crippen molar-refractivity contribution in [3.05, 3.63) is 24.3 Å². The number of allylic oxidation sites excluding steroid dienone is 2. The zero-order chi connectivity index (χ0) is 10.0. The molecule has 0 aromatic heterocycles. The van der Waals surface area contributed by atoms with Crippen LogP contribution in [0.2, 0.25) is 0 Å². The maximum absolute atomic E-state index is 11.5. The van der Waals surface area contributed by atoms with Gasteiger partial charge in [0.25, 0.3) is 5.91 Å². The fourth-order valence-electron chi connectivity index (χ4n) is 1.39. The lowest BCUT2D eigenvalue weighted by atomic mass is 10.2. The van der Waals surface area contributed by atoms with Crippen molar-refractivity contribution in [2.24, 2.45) is 0 Å². The molecule has 0 unspecified atom stereocenters. The molecule has 0 atom stereocenters. The second-order valence-electron chi connectivity index (χ2n) is 3.27. The van der Waals surface area contributed by atoms with Crippen LogP contribution >= 0.6 is 0 Å². The van der Waals surface area contributed by atoms with E-state index in [9.17, 15) is 9.59 Å².